The van der Waals surface area contributed by atoms with Crippen molar-refractivity contribution in [2.24, 2.45) is 0 Å². The van der Waals surface area contributed by atoms with Gasteiger partial charge in [-0.15, -0.1) is 11.3 Å². The number of thiophene rings is 1. The minimum absolute atomic E-state index is 0.0711. The number of nitrogens with one attached hydrogen (secondary N) is 1. The van der Waals surface area contributed by atoms with E-state index in [-0.39, 0.29) is 16.8 Å². The van der Waals surface area contributed by atoms with Gasteiger partial charge in [-0.1, -0.05) is 6.07 Å². The van der Waals surface area contributed by atoms with Crippen LogP contribution in [0.2, 0.25) is 0 Å². The Morgan fingerprint density at radius 2 is 1.85 bits per heavy atom. The van der Waals surface area contributed by atoms with Gasteiger partial charge in [-0.3, -0.25) is 9.69 Å². The third-order valence-corrected chi connectivity index (χ3v) is 7.46. The number of sulfonamides is 1. The Morgan fingerprint density at radius 1 is 1.19 bits per heavy atom. The summed E-state index contributed by atoms with van der Waals surface area (Å²) in [6, 6.07) is 8.41. The summed E-state index contributed by atoms with van der Waals surface area (Å²) in [6.07, 6.45) is 0. The predicted octanol–water partition coefficient (Wildman–Crippen LogP) is 1.90. The van der Waals surface area contributed by atoms with Gasteiger partial charge in [-0.05, 0) is 42.6 Å². The topological polar surface area (TPSA) is 69.7 Å². The first kappa shape index (κ1) is 19.9. The highest BCUT2D eigenvalue weighted by atomic mass is 32.2. The number of halogens is 1. The summed E-state index contributed by atoms with van der Waals surface area (Å²) >= 11 is 1.59. The number of rotatable bonds is 6. The van der Waals surface area contributed by atoms with E-state index in [9.17, 15) is 17.6 Å². The Labute approximate surface area is 162 Å². The van der Waals surface area contributed by atoms with Crippen LogP contribution in [0.25, 0.3) is 0 Å². The van der Waals surface area contributed by atoms with E-state index in [4.69, 9.17) is 0 Å². The maximum absolute atomic E-state index is 13.0. The average Bonchev–Trinajstić information content (AvgIpc) is 3.19. The summed E-state index contributed by atoms with van der Waals surface area (Å²) in [5.41, 5.74) is 0. The molecular formula is C18H22FN3O3S2. The lowest BCUT2D eigenvalue weighted by molar-refractivity contribution is -0.126. The second-order valence-electron chi connectivity index (χ2n) is 6.37. The van der Waals surface area contributed by atoms with E-state index < -0.39 is 15.8 Å². The lowest BCUT2D eigenvalue weighted by atomic mass is 10.2. The molecule has 1 aliphatic rings. The molecule has 9 heteroatoms. The zero-order chi connectivity index (χ0) is 19.4. The standard InChI is InChI=1S/C18H22FN3O3S2/c1-14(18(23)20-13-16-3-2-12-26-16)21-8-10-22(11-9-21)27(24,25)17-6-4-15(19)5-7-17/h2-7,12,14H,8-11,13H2,1H3,(H,20,23)/t14-/m1/s1. The van der Waals surface area contributed by atoms with Crippen LogP contribution in [0.4, 0.5) is 4.39 Å². The van der Waals surface area contributed by atoms with Crippen LogP contribution in [0, 0.1) is 5.82 Å². The molecule has 0 unspecified atom stereocenters. The van der Waals surface area contributed by atoms with Crippen LogP contribution in [0.5, 0.6) is 0 Å². The van der Waals surface area contributed by atoms with Gasteiger partial charge in [-0.25, -0.2) is 12.8 Å². The largest absolute Gasteiger partial charge is 0.350 e. The van der Waals surface area contributed by atoms with Crippen LogP contribution in [-0.2, 0) is 21.4 Å². The summed E-state index contributed by atoms with van der Waals surface area (Å²) in [4.78, 5) is 15.5. The molecule has 146 valence electrons. The highest BCUT2D eigenvalue weighted by Gasteiger charge is 2.31. The molecule has 2 heterocycles. The van der Waals surface area contributed by atoms with E-state index in [0.717, 1.165) is 17.0 Å². The zero-order valence-electron chi connectivity index (χ0n) is 15.0. The first-order valence-electron chi connectivity index (χ1n) is 8.68. The SMILES string of the molecule is C[C@H](C(=O)NCc1cccs1)N1CCN(S(=O)(=O)c2ccc(F)cc2)CC1. The van der Waals surface area contributed by atoms with Gasteiger partial charge in [0.1, 0.15) is 5.82 Å². The summed E-state index contributed by atoms with van der Waals surface area (Å²) in [5.74, 6) is -0.542. The van der Waals surface area contributed by atoms with Crippen molar-refractivity contribution >= 4 is 27.3 Å². The number of hydrogen-bond donors (Lipinski definition) is 1. The second kappa shape index (κ2) is 8.47. The average molecular weight is 412 g/mol. The molecule has 1 saturated heterocycles. The normalized spacial score (nSPS) is 17.6. The number of piperazine rings is 1. The predicted molar refractivity (Wildman–Crippen MR) is 102 cm³/mol. The Kier molecular flexibility index (Phi) is 6.25. The van der Waals surface area contributed by atoms with Gasteiger partial charge < -0.3 is 5.32 Å². The van der Waals surface area contributed by atoms with Gasteiger partial charge in [0.05, 0.1) is 17.5 Å². The summed E-state index contributed by atoms with van der Waals surface area (Å²) in [6.45, 7) is 3.85. The number of hydrogen-bond acceptors (Lipinski definition) is 5. The van der Waals surface area contributed by atoms with Crippen molar-refractivity contribution in [3.63, 3.8) is 0 Å². The fourth-order valence-corrected chi connectivity index (χ4v) is 5.05. The molecule has 6 nitrogen and oxygen atoms in total. The van der Waals surface area contributed by atoms with Gasteiger partial charge in [-0.2, -0.15) is 4.31 Å². The van der Waals surface area contributed by atoms with Gasteiger partial charge in [0.25, 0.3) is 0 Å². The number of benzene rings is 1. The molecular weight excluding hydrogens is 389 g/mol. The second-order valence-corrected chi connectivity index (χ2v) is 9.34. The van der Waals surface area contributed by atoms with E-state index in [0.29, 0.717) is 32.7 Å². The Hall–Kier alpha value is -1.81. The Bertz CT molecular complexity index is 862. The third kappa shape index (κ3) is 4.73. The Morgan fingerprint density at radius 3 is 2.44 bits per heavy atom. The molecule has 1 aromatic heterocycles. The van der Waals surface area contributed by atoms with Crippen molar-refractivity contribution in [3.8, 4) is 0 Å². The summed E-state index contributed by atoms with van der Waals surface area (Å²) in [7, 11) is -3.65. The third-order valence-electron chi connectivity index (χ3n) is 4.67. The zero-order valence-corrected chi connectivity index (χ0v) is 16.6. The summed E-state index contributed by atoms with van der Waals surface area (Å²) < 4.78 is 39.7. The molecule has 0 bridgehead atoms. The van der Waals surface area contributed by atoms with E-state index in [1.165, 1.54) is 16.4 Å². The molecule has 0 aliphatic carbocycles. The van der Waals surface area contributed by atoms with E-state index in [1.807, 2.05) is 29.3 Å². The lowest BCUT2D eigenvalue weighted by Crippen LogP contribution is -2.54. The molecule has 1 aliphatic heterocycles. The minimum atomic E-state index is -3.65. The molecule has 2 aromatic rings. The minimum Gasteiger partial charge on any atom is -0.350 e. The number of carbonyl (C=O) groups is 1. The van der Waals surface area contributed by atoms with Crippen molar-refractivity contribution in [2.45, 2.75) is 24.4 Å². The molecule has 1 N–H and O–H groups in total. The maximum Gasteiger partial charge on any atom is 0.243 e. The molecule has 1 atom stereocenters. The number of carbonyl (C=O) groups excluding carboxylic acids is 1. The smallest absolute Gasteiger partial charge is 0.243 e. The van der Waals surface area contributed by atoms with Crippen LogP contribution < -0.4 is 5.32 Å². The molecule has 3 rings (SSSR count). The molecule has 0 saturated carbocycles. The number of nitrogens with zero attached hydrogens (tertiary/aromatic N) is 2. The molecule has 0 radical (unpaired) electrons. The fourth-order valence-electron chi connectivity index (χ4n) is 2.99. The lowest BCUT2D eigenvalue weighted by Gasteiger charge is -2.36. The molecule has 1 amide bonds. The van der Waals surface area contributed by atoms with Crippen LogP contribution in [0.3, 0.4) is 0 Å². The highest BCUT2D eigenvalue weighted by molar-refractivity contribution is 7.89. The monoisotopic (exact) mass is 411 g/mol. The first-order chi connectivity index (χ1) is 12.9. The van der Waals surface area contributed by atoms with Crippen LogP contribution in [-0.4, -0.2) is 55.8 Å². The van der Waals surface area contributed by atoms with Crippen molar-refractivity contribution in [1.29, 1.82) is 0 Å². The molecule has 1 aromatic carbocycles. The van der Waals surface area contributed by atoms with Crippen molar-refractivity contribution in [2.75, 3.05) is 26.2 Å². The van der Waals surface area contributed by atoms with E-state index >= 15 is 0 Å². The Balaban J connectivity index is 1.54. The van der Waals surface area contributed by atoms with Crippen molar-refractivity contribution < 1.29 is 17.6 Å². The van der Waals surface area contributed by atoms with Crippen molar-refractivity contribution in [3.05, 3.63) is 52.5 Å². The first-order valence-corrected chi connectivity index (χ1v) is 11.0. The van der Waals surface area contributed by atoms with Gasteiger partial charge in [0.2, 0.25) is 15.9 Å². The van der Waals surface area contributed by atoms with Crippen LogP contribution in [0.1, 0.15) is 11.8 Å². The van der Waals surface area contributed by atoms with Crippen LogP contribution >= 0.6 is 11.3 Å². The highest BCUT2D eigenvalue weighted by Crippen LogP contribution is 2.19. The number of amides is 1. The van der Waals surface area contributed by atoms with Gasteiger partial charge >= 0.3 is 0 Å². The molecule has 1 fully saturated rings. The maximum atomic E-state index is 13.0. The van der Waals surface area contributed by atoms with Gasteiger partial charge in [0, 0.05) is 31.1 Å². The molecule has 0 spiro atoms. The van der Waals surface area contributed by atoms with Crippen molar-refractivity contribution in [1.82, 2.24) is 14.5 Å². The fraction of sp³-hybridized carbons (Fsp3) is 0.389. The van der Waals surface area contributed by atoms with Crippen LogP contribution in [0.15, 0.2) is 46.7 Å². The quantitative estimate of drug-likeness (QED) is 0.788. The van der Waals surface area contributed by atoms with Gasteiger partial charge in [0.15, 0.2) is 0 Å². The van der Waals surface area contributed by atoms with E-state index in [2.05, 4.69) is 5.32 Å². The van der Waals surface area contributed by atoms with E-state index in [1.54, 1.807) is 11.3 Å². The molecule has 27 heavy (non-hydrogen) atoms. The summed E-state index contributed by atoms with van der Waals surface area (Å²) in [5, 5.41) is 4.88.